The average molecular weight is 434 g/mol. The van der Waals surface area contributed by atoms with Crippen LogP contribution >= 0.6 is 0 Å². The van der Waals surface area contributed by atoms with E-state index in [2.05, 4.69) is 32.3 Å². The minimum atomic E-state index is -0.581. The zero-order valence-corrected chi connectivity index (χ0v) is 18.8. The Kier molecular flexibility index (Phi) is 6.73. The molecule has 7 heteroatoms. The summed E-state index contributed by atoms with van der Waals surface area (Å²) in [5.74, 6) is 0.526. The van der Waals surface area contributed by atoms with Crippen molar-refractivity contribution in [1.82, 2.24) is 20.2 Å². The van der Waals surface area contributed by atoms with E-state index in [1.165, 1.54) is 5.56 Å². The summed E-state index contributed by atoms with van der Waals surface area (Å²) >= 11 is 0. The van der Waals surface area contributed by atoms with Crippen LogP contribution < -0.4 is 15.5 Å². The van der Waals surface area contributed by atoms with Gasteiger partial charge in [-0.2, -0.15) is 0 Å². The summed E-state index contributed by atoms with van der Waals surface area (Å²) in [6, 6.07) is 17.2. The number of amides is 3. The Morgan fingerprint density at radius 2 is 1.81 bits per heavy atom. The third-order valence-electron chi connectivity index (χ3n) is 6.23. The molecule has 32 heavy (non-hydrogen) atoms. The van der Waals surface area contributed by atoms with Crippen LogP contribution in [0.5, 0.6) is 0 Å². The van der Waals surface area contributed by atoms with Gasteiger partial charge in [-0.1, -0.05) is 62.7 Å². The van der Waals surface area contributed by atoms with Crippen LogP contribution in [0.3, 0.4) is 0 Å². The smallest absolute Gasteiger partial charge is 0.324 e. The van der Waals surface area contributed by atoms with E-state index in [0.29, 0.717) is 25.6 Å². The maximum Gasteiger partial charge on any atom is 0.324 e. The molecular formula is C25H31N5O2. The molecule has 1 aliphatic heterocycles. The third kappa shape index (κ3) is 4.61. The highest BCUT2D eigenvalue weighted by Crippen LogP contribution is 2.27. The summed E-state index contributed by atoms with van der Waals surface area (Å²) in [6.45, 7) is 5.85. The molecule has 3 aromatic rings. The lowest BCUT2D eigenvalue weighted by Crippen LogP contribution is -2.54. The number of carbonyl (C=O) groups excluding carboxylic acids is 2. The zero-order chi connectivity index (χ0) is 22.5. The van der Waals surface area contributed by atoms with Crippen LogP contribution in [0.4, 0.5) is 10.7 Å². The molecule has 0 aliphatic carbocycles. The van der Waals surface area contributed by atoms with Gasteiger partial charge in [0.2, 0.25) is 11.9 Å². The molecular weight excluding hydrogens is 402 g/mol. The lowest BCUT2D eigenvalue weighted by molar-refractivity contribution is -0.124. The van der Waals surface area contributed by atoms with Gasteiger partial charge in [0.15, 0.2) is 0 Å². The van der Waals surface area contributed by atoms with Crippen LogP contribution in [0.2, 0.25) is 0 Å². The summed E-state index contributed by atoms with van der Waals surface area (Å²) in [7, 11) is 0. The van der Waals surface area contributed by atoms with Crippen molar-refractivity contribution in [1.29, 1.82) is 0 Å². The molecule has 7 nitrogen and oxygen atoms in total. The molecule has 4 rings (SSSR count). The fourth-order valence-electron chi connectivity index (χ4n) is 4.15. The fourth-order valence-corrected chi connectivity index (χ4v) is 4.15. The molecule has 0 spiro atoms. The number of para-hydroxylation sites is 2. The number of urea groups is 1. The van der Waals surface area contributed by atoms with E-state index in [0.717, 1.165) is 30.3 Å². The number of rotatable bonds is 8. The summed E-state index contributed by atoms with van der Waals surface area (Å²) < 4.78 is 2.05. The van der Waals surface area contributed by atoms with Gasteiger partial charge in [-0.05, 0) is 36.5 Å². The molecule has 2 aromatic carbocycles. The van der Waals surface area contributed by atoms with Crippen LogP contribution in [-0.2, 0) is 17.8 Å². The number of imidazole rings is 1. The molecule has 0 fully saturated rings. The standard InChI is InChI=1S/C25H31N5O2/c1-3-18(2)22(23(31)26-15-9-12-19-10-5-4-6-11-19)28-25(32)30-17-16-29-21-14-8-7-13-20(21)27-24(29)30/h4-8,10-11,13-14,18,22H,3,9,12,15-17H2,1-2H3,(H,26,31)(H,28,32)/t18-,22-/m0/s1. The maximum atomic E-state index is 13.1. The lowest BCUT2D eigenvalue weighted by atomic mass is 9.98. The van der Waals surface area contributed by atoms with Crippen molar-refractivity contribution in [2.24, 2.45) is 5.92 Å². The first-order valence-corrected chi connectivity index (χ1v) is 11.4. The van der Waals surface area contributed by atoms with E-state index in [1.54, 1.807) is 4.90 Å². The number of nitrogens with zero attached hydrogens (tertiary/aromatic N) is 3. The highest BCUT2D eigenvalue weighted by Gasteiger charge is 2.32. The topological polar surface area (TPSA) is 79.3 Å². The van der Waals surface area contributed by atoms with Gasteiger partial charge < -0.3 is 15.2 Å². The largest absolute Gasteiger partial charge is 0.354 e. The van der Waals surface area contributed by atoms with Gasteiger partial charge in [-0.25, -0.2) is 9.78 Å². The van der Waals surface area contributed by atoms with E-state index < -0.39 is 6.04 Å². The second kappa shape index (κ2) is 9.85. The second-order valence-corrected chi connectivity index (χ2v) is 8.40. The van der Waals surface area contributed by atoms with E-state index in [9.17, 15) is 9.59 Å². The van der Waals surface area contributed by atoms with E-state index in [4.69, 9.17) is 0 Å². The van der Waals surface area contributed by atoms with Gasteiger partial charge in [-0.3, -0.25) is 9.69 Å². The first kappa shape index (κ1) is 21.9. The number of hydrogen-bond acceptors (Lipinski definition) is 3. The van der Waals surface area contributed by atoms with Crippen molar-refractivity contribution in [3.05, 3.63) is 60.2 Å². The van der Waals surface area contributed by atoms with Gasteiger partial charge in [0.25, 0.3) is 0 Å². The Morgan fingerprint density at radius 3 is 2.59 bits per heavy atom. The van der Waals surface area contributed by atoms with Gasteiger partial charge in [0.05, 0.1) is 11.0 Å². The van der Waals surface area contributed by atoms with Crippen molar-refractivity contribution in [3.8, 4) is 0 Å². The molecule has 0 saturated carbocycles. The maximum absolute atomic E-state index is 13.1. The second-order valence-electron chi connectivity index (χ2n) is 8.40. The van der Waals surface area contributed by atoms with Crippen molar-refractivity contribution in [2.45, 2.75) is 45.7 Å². The molecule has 1 aliphatic rings. The molecule has 0 unspecified atom stereocenters. The minimum absolute atomic E-state index is 0.0227. The Balaban J connectivity index is 1.37. The number of aryl methyl sites for hydroxylation is 1. The SMILES string of the molecule is CC[C@H](C)[C@H](NC(=O)N1CCn2c1nc1ccccc12)C(=O)NCCCc1ccccc1. The molecule has 0 saturated heterocycles. The number of nitrogens with one attached hydrogen (secondary N) is 2. The van der Waals surface area contributed by atoms with Crippen molar-refractivity contribution in [3.63, 3.8) is 0 Å². The highest BCUT2D eigenvalue weighted by molar-refractivity contribution is 5.96. The van der Waals surface area contributed by atoms with Crippen LogP contribution in [0.1, 0.15) is 32.3 Å². The van der Waals surface area contributed by atoms with E-state index in [1.807, 2.05) is 56.3 Å². The number of hydrogen-bond donors (Lipinski definition) is 2. The zero-order valence-electron chi connectivity index (χ0n) is 18.8. The molecule has 0 radical (unpaired) electrons. The molecule has 1 aromatic heterocycles. The number of aromatic nitrogens is 2. The molecule has 2 atom stereocenters. The van der Waals surface area contributed by atoms with Crippen LogP contribution in [-0.4, -0.2) is 40.6 Å². The van der Waals surface area contributed by atoms with Crippen molar-refractivity contribution < 1.29 is 9.59 Å². The Morgan fingerprint density at radius 1 is 1.06 bits per heavy atom. The van der Waals surface area contributed by atoms with Crippen molar-refractivity contribution >= 4 is 28.9 Å². The Bertz CT molecular complexity index is 1080. The summed E-state index contributed by atoms with van der Waals surface area (Å²) in [6.07, 6.45) is 2.56. The predicted molar refractivity (Wildman–Crippen MR) is 127 cm³/mol. The van der Waals surface area contributed by atoms with Gasteiger partial charge in [-0.15, -0.1) is 0 Å². The lowest BCUT2D eigenvalue weighted by Gasteiger charge is -2.26. The van der Waals surface area contributed by atoms with Crippen molar-refractivity contribution in [2.75, 3.05) is 18.0 Å². The quantitative estimate of drug-likeness (QED) is 0.531. The van der Waals surface area contributed by atoms with E-state index >= 15 is 0 Å². The number of benzene rings is 2. The number of fused-ring (bicyclic) bond motifs is 3. The minimum Gasteiger partial charge on any atom is -0.354 e. The average Bonchev–Trinajstić information content (AvgIpc) is 3.39. The molecule has 0 bridgehead atoms. The first-order valence-electron chi connectivity index (χ1n) is 11.4. The Labute approximate surface area is 188 Å². The molecule has 3 amide bonds. The monoisotopic (exact) mass is 433 g/mol. The fraction of sp³-hybridized carbons (Fsp3) is 0.400. The Hall–Kier alpha value is -3.35. The summed E-state index contributed by atoms with van der Waals surface area (Å²) in [5, 5.41) is 5.99. The van der Waals surface area contributed by atoms with Crippen LogP contribution in [0.25, 0.3) is 11.0 Å². The number of carbonyl (C=O) groups is 2. The number of anilines is 1. The summed E-state index contributed by atoms with van der Waals surface area (Å²) in [5.41, 5.74) is 3.15. The highest BCUT2D eigenvalue weighted by atomic mass is 16.2. The van der Waals surface area contributed by atoms with E-state index in [-0.39, 0.29) is 17.9 Å². The normalized spacial score (nSPS) is 14.8. The van der Waals surface area contributed by atoms with Gasteiger partial charge in [0.1, 0.15) is 6.04 Å². The van der Waals surface area contributed by atoms with Crippen LogP contribution in [0.15, 0.2) is 54.6 Å². The van der Waals surface area contributed by atoms with Gasteiger partial charge in [0, 0.05) is 19.6 Å². The molecule has 2 N–H and O–H groups in total. The first-order chi connectivity index (χ1) is 15.6. The third-order valence-corrected chi connectivity index (χ3v) is 6.23. The predicted octanol–water partition coefficient (Wildman–Crippen LogP) is 3.73. The summed E-state index contributed by atoms with van der Waals surface area (Å²) in [4.78, 5) is 32.3. The van der Waals surface area contributed by atoms with Crippen LogP contribution in [0, 0.1) is 5.92 Å². The molecule has 168 valence electrons. The molecule has 2 heterocycles. The van der Waals surface area contributed by atoms with Gasteiger partial charge >= 0.3 is 6.03 Å².